The number of allylic oxidation sites excluding steroid dienone is 2. The van der Waals surface area contributed by atoms with Gasteiger partial charge in [-0.05, 0) is 13.8 Å². The molecule has 1 saturated heterocycles. The van der Waals surface area contributed by atoms with Crippen molar-refractivity contribution in [2.45, 2.75) is 13.8 Å². The van der Waals surface area contributed by atoms with E-state index in [0.717, 1.165) is 26.2 Å². The maximum absolute atomic E-state index is 3.32. The van der Waals surface area contributed by atoms with Crippen molar-refractivity contribution >= 4 is 0 Å². The molecule has 0 unspecified atom stereocenters. The number of nitrogens with zero attached hydrogens (tertiary/aromatic N) is 1. The van der Waals surface area contributed by atoms with Crippen molar-refractivity contribution in [3.8, 4) is 0 Å². The predicted molar refractivity (Wildman–Crippen MR) is 43.9 cm³/mol. The minimum absolute atomic E-state index is 1.13. The van der Waals surface area contributed by atoms with Crippen molar-refractivity contribution in [1.29, 1.82) is 0 Å². The fourth-order valence-electron chi connectivity index (χ4n) is 1.20. The SMILES string of the molecule is CC=C(C)N1CCNCC1. The van der Waals surface area contributed by atoms with Crippen LogP contribution in [0.25, 0.3) is 0 Å². The van der Waals surface area contributed by atoms with E-state index >= 15 is 0 Å². The smallest absolute Gasteiger partial charge is 0.0300 e. The average Bonchev–Trinajstić information content (AvgIpc) is 2.05. The number of piperazine rings is 1. The van der Waals surface area contributed by atoms with Crippen molar-refractivity contribution in [2.75, 3.05) is 26.2 Å². The standard InChI is InChI=1S/C8H16N2/c1-3-8(2)10-6-4-9-5-7-10/h3,9H,4-7H2,1-2H3. The van der Waals surface area contributed by atoms with Crippen molar-refractivity contribution in [1.82, 2.24) is 10.2 Å². The predicted octanol–water partition coefficient (Wildman–Crippen LogP) is 0.815. The normalized spacial score (nSPS) is 21.4. The summed E-state index contributed by atoms with van der Waals surface area (Å²) >= 11 is 0. The largest absolute Gasteiger partial charge is 0.373 e. The molecule has 1 N–H and O–H groups in total. The van der Waals surface area contributed by atoms with E-state index < -0.39 is 0 Å². The quantitative estimate of drug-likeness (QED) is 0.580. The summed E-state index contributed by atoms with van der Waals surface area (Å²) in [5.41, 5.74) is 1.40. The molecule has 0 aromatic heterocycles. The lowest BCUT2D eigenvalue weighted by molar-refractivity contribution is 0.299. The summed E-state index contributed by atoms with van der Waals surface area (Å²) in [5.74, 6) is 0. The first-order valence-electron chi connectivity index (χ1n) is 3.93. The van der Waals surface area contributed by atoms with Gasteiger partial charge in [0.15, 0.2) is 0 Å². The van der Waals surface area contributed by atoms with Gasteiger partial charge in [0.1, 0.15) is 0 Å². The summed E-state index contributed by atoms with van der Waals surface area (Å²) in [6.07, 6.45) is 2.17. The Balaban J connectivity index is 2.39. The second kappa shape index (κ2) is 3.62. The molecule has 1 fully saturated rings. The van der Waals surface area contributed by atoms with Crippen LogP contribution in [0.2, 0.25) is 0 Å². The molecule has 2 nitrogen and oxygen atoms in total. The number of hydrogen-bond donors (Lipinski definition) is 1. The molecule has 0 atom stereocenters. The molecule has 0 aromatic rings. The van der Waals surface area contributed by atoms with E-state index in [9.17, 15) is 0 Å². The van der Waals surface area contributed by atoms with Crippen molar-refractivity contribution in [3.05, 3.63) is 11.8 Å². The molecule has 0 bridgehead atoms. The molecule has 1 heterocycles. The summed E-state index contributed by atoms with van der Waals surface area (Å²) in [6.45, 7) is 8.85. The zero-order valence-electron chi connectivity index (χ0n) is 6.85. The zero-order valence-corrected chi connectivity index (χ0v) is 6.85. The third kappa shape index (κ3) is 1.74. The van der Waals surface area contributed by atoms with Crippen LogP contribution in [0.4, 0.5) is 0 Å². The van der Waals surface area contributed by atoms with Crippen LogP contribution >= 0.6 is 0 Å². The Bertz CT molecular complexity index is 123. The molecule has 0 saturated carbocycles. The van der Waals surface area contributed by atoms with Crippen LogP contribution in [0.1, 0.15) is 13.8 Å². The lowest BCUT2D eigenvalue weighted by Gasteiger charge is -2.29. The minimum Gasteiger partial charge on any atom is -0.373 e. The zero-order chi connectivity index (χ0) is 7.40. The van der Waals surface area contributed by atoms with Gasteiger partial charge in [-0.15, -0.1) is 0 Å². The molecule has 58 valence electrons. The monoisotopic (exact) mass is 140 g/mol. The van der Waals surface area contributed by atoms with Crippen LogP contribution in [-0.2, 0) is 0 Å². The van der Waals surface area contributed by atoms with E-state index in [1.54, 1.807) is 0 Å². The Labute approximate surface area is 62.9 Å². The third-order valence-electron chi connectivity index (χ3n) is 2.03. The van der Waals surface area contributed by atoms with Crippen LogP contribution < -0.4 is 5.32 Å². The van der Waals surface area contributed by atoms with Gasteiger partial charge in [0.25, 0.3) is 0 Å². The molecule has 1 rings (SSSR count). The Morgan fingerprint density at radius 1 is 1.40 bits per heavy atom. The molecule has 0 radical (unpaired) electrons. The van der Waals surface area contributed by atoms with Gasteiger partial charge in [0, 0.05) is 31.9 Å². The highest BCUT2D eigenvalue weighted by atomic mass is 15.2. The van der Waals surface area contributed by atoms with Gasteiger partial charge in [-0.2, -0.15) is 0 Å². The minimum atomic E-state index is 1.13. The van der Waals surface area contributed by atoms with Crippen LogP contribution in [0, 0.1) is 0 Å². The van der Waals surface area contributed by atoms with Gasteiger partial charge in [-0.1, -0.05) is 6.08 Å². The summed E-state index contributed by atoms with van der Waals surface area (Å²) < 4.78 is 0. The number of nitrogens with one attached hydrogen (secondary N) is 1. The van der Waals surface area contributed by atoms with Crippen LogP contribution in [0.15, 0.2) is 11.8 Å². The first-order valence-corrected chi connectivity index (χ1v) is 3.93. The summed E-state index contributed by atoms with van der Waals surface area (Å²) in [4.78, 5) is 2.41. The lowest BCUT2D eigenvalue weighted by Crippen LogP contribution is -2.42. The van der Waals surface area contributed by atoms with E-state index in [1.807, 2.05) is 0 Å². The molecule has 10 heavy (non-hydrogen) atoms. The topological polar surface area (TPSA) is 15.3 Å². The van der Waals surface area contributed by atoms with E-state index in [4.69, 9.17) is 0 Å². The van der Waals surface area contributed by atoms with Gasteiger partial charge in [-0.3, -0.25) is 0 Å². The summed E-state index contributed by atoms with van der Waals surface area (Å²) in [6, 6.07) is 0. The highest BCUT2D eigenvalue weighted by Gasteiger charge is 2.07. The van der Waals surface area contributed by atoms with Gasteiger partial charge < -0.3 is 10.2 Å². The first kappa shape index (κ1) is 7.61. The molecule has 1 aliphatic heterocycles. The summed E-state index contributed by atoms with van der Waals surface area (Å²) in [5, 5.41) is 3.32. The van der Waals surface area contributed by atoms with E-state index in [-0.39, 0.29) is 0 Å². The van der Waals surface area contributed by atoms with Crippen molar-refractivity contribution in [2.24, 2.45) is 0 Å². The molecule has 0 aromatic carbocycles. The van der Waals surface area contributed by atoms with Gasteiger partial charge in [-0.25, -0.2) is 0 Å². The highest BCUT2D eigenvalue weighted by Crippen LogP contribution is 2.02. The molecule has 1 aliphatic rings. The van der Waals surface area contributed by atoms with Crippen LogP contribution in [0.5, 0.6) is 0 Å². The number of hydrogen-bond acceptors (Lipinski definition) is 2. The first-order chi connectivity index (χ1) is 4.84. The molecule has 2 heteroatoms. The van der Waals surface area contributed by atoms with E-state index in [1.165, 1.54) is 5.70 Å². The fourth-order valence-corrected chi connectivity index (χ4v) is 1.20. The highest BCUT2D eigenvalue weighted by molar-refractivity contribution is 4.96. The van der Waals surface area contributed by atoms with Crippen LogP contribution in [-0.4, -0.2) is 31.1 Å². The average molecular weight is 140 g/mol. The third-order valence-corrected chi connectivity index (χ3v) is 2.03. The maximum Gasteiger partial charge on any atom is 0.0300 e. The molecular weight excluding hydrogens is 124 g/mol. The van der Waals surface area contributed by atoms with E-state index in [0.29, 0.717) is 0 Å². The molecular formula is C8H16N2. The van der Waals surface area contributed by atoms with Crippen LogP contribution in [0.3, 0.4) is 0 Å². The molecule has 0 spiro atoms. The number of rotatable bonds is 1. The Kier molecular flexibility index (Phi) is 2.75. The summed E-state index contributed by atoms with van der Waals surface area (Å²) in [7, 11) is 0. The van der Waals surface area contributed by atoms with Crippen molar-refractivity contribution < 1.29 is 0 Å². The lowest BCUT2D eigenvalue weighted by atomic mass is 10.3. The molecule has 0 amide bonds. The maximum atomic E-state index is 3.32. The fraction of sp³-hybridized carbons (Fsp3) is 0.750. The van der Waals surface area contributed by atoms with Crippen molar-refractivity contribution in [3.63, 3.8) is 0 Å². The Morgan fingerprint density at radius 2 is 2.00 bits per heavy atom. The van der Waals surface area contributed by atoms with Gasteiger partial charge in [0.05, 0.1) is 0 Å². The van der Waals surface area contributed by atoms with Gasteiger partial charge >= 0.3 is 0 Å². The van der Waals surface area contributed by atoms with E-state index in [2.05, 4.69) is 30.1 Å². The molecule has 0 aliphatic carbocycles. The Hall–Kier alpha value is -0.500. The Morgan fingerprint density at radius 3 is 2.50 bits per heavy atom. The van der Waals surface area contributed by atoms with Gasteiger partial charge in [0.2, 0.25) is 0 Å². The second-order valence-corrected chi connectivity index (χ2v) is 2.67. The second-order valence-electron chi connectivity index (χ2n) is 2.67.